The van der Waals surface area contributed by atoms with E-state index in [9.17, 15) is 23.1 Å². The molecule has 1 heterocycles. The lowest BCUT2D eigenvalue weighted by Crippen LogP contribution is -2.16. The molecule has 0 saturated carbocycles. The summed E-state index contributed by atoms with van der Waals surface area (Å²) in [6, 6.07) is 5.09. The van der Waals surface area contributed by atoms with Gasteiger partial charge in [0.25, 0.3) is 5.91 Å². The minimum atomic E-state index is -4.49. The molecular weight excluding hydrogens is 465 g/mol. The maximum atomic E-state index is 12.5. The van der Waals surface area contributed by atoms with Gasteiger partial charge in [0.15, 0.2) is 0 Å². The van der Waals surface area contributed by atoms with Crippen molar-refractivity contribution in [2.45, 2.75) is 6.18 Å². The smallest absolute Gasteiger partial charge is 0.425 e. The van der Waals surface area contributed by atoms with Crippen LogP contribution in [0.5, 0.6) is 5.75 Å². The summed E-state index contributed by atoms with van der Waals surface area (Å²) < 4.78 is 38.5. The molecule has 23 heavy (non-hydrogen) atoms. The summed E-state index contributed by atoms with van der Waals surface area (Å²) in [4.78, 5) is 10.8. The Balaban J connectivity index is 2.09. The minimum Gasteiger partial charge on any atom is -0.506 e. The number of amides is 1. The van der Waals surface area contributed by atoms with E-state index in [4.69, 9.17) is 0 Å². The Kier molecular flexibility index (Phi) is 5.48. The van der Waals surface area contributed by atoms with E-state index >= 15 is 0 Å². The van der Waals surface area contributed by atoms with Crippen molar-refractivity contribution < 1.29 is 23.1 Å². The first-order valence-electron chi connectivity index (χ1n) is 5.87. The molecule has 2 rings (SSSR count). The average Bonchev–Trinajstić information content (AvgIpc) is 2.93. The van der Waals surface area contributed by atoms with Crippen LogP contribution in [-0.2, 0) is 6.18 Å². The highest BCUT2D eigenvalue weighted by Crippen LogP contribution is 2.34. The second-order valence-electron chi connectivity index (χ2n) is 4.19. The highest BCUT2D eigenvalue weighted by atomic mass is 79.9. The second-order valence-corrected chi connectivity index (χ2v) is 7.04. The first kappa shape index (κ1) is 18.0. The van der Waals surface area contributed by atoms with E-state index in [1.165, 1.54) is 6.21 Å². The summed E-state index contributed by atoms with van der Waals surface area (Å²) in [7, 11) is 0. The van der Waals surface area contributed by atoms with Gasteiger partial charge in [-0.3, -0.25) is 4.79 Å². The van der Waals surface area contributed by atoms with Gasteiger partial charge in [-0.05, 0) is 40.2 Å². The maximum absolute atomic E-state index is 12.5. The van der Waals surface area contributed by atoms with Crippen LogP contribution in [0.4, 0.5) is 13.2 Å². The zero-order valence-electron chi connectivity index (χ0n) is 11.0. The number of nitrogens with one attached hydrogen (secondary N) is 1. The SMILES string of the molecule is O=C(N/N=C/c1cc(Br)cc(Br)c1O)c1ccc(C(F)(F)F)s1. The van der Waals surface area contributed by atoms with Crippen molar-refractivity contribution in [3.05, 3.63) is 48.5 Å². The summed E-state index contributed by atoms with van der Waals surface area (Å²) in [5.74, 6) is -0.850. The van der Waals surface area contributed by atoms with Gasteiger partial charge in [0, 0.05) is 10.0 Å². The molecule has 122 valence electrons. The van der Waals surface area contributed by atoms with E-state index in [0.717, 1.165) is 12.1 Å². The first-order valence-corrected chi connectivity index (χ1v) is 8.27. The van der Waals surface area contributed by atoms with Crippen LogP contribution >= 0.6 is 43.2 Å². The largest absolute Gasteiger partial charge is 0.506 e. The Morgan fingerprint density at radius 1 is 1.30 bits per heavy atom. The van der Waals surface area contributed by atoms with Crippen LogP contribution in [0.2, 0.25) is 0 Å². The molecule has 0 radical (unpaired) electrons. The van der Waals surface area contributed by atoms with Crippen molar-refractivity contribution in [1.29, 1.82) is 0 Å². The summed E-state index contributed by atoms with van der Waals surface area (Å²) >= 11 is 6.70. The highest BCUT2D eigenvalue weighted by molar-refractivity contribution is 9.11. The van der Waals surface area contributed by atoms with Crippen molar-refractivity contribution in [2.24, 2.45) is 5.10 Å². The molecule has 0 saturated heterocycles. The van der Waals surface area contributed by atoms with E-state index < -0.39 is 17.0 Å². The molecule has 4 nitrogen and oxygen atoms in total. The van der Waals surface area contributed by atoms with Gasteiger partial charge < -0.3 is 5.11 Å². The number of aromatic hydroxyl groups is 1. The molecule has 0 atom stereocenters. The average molecular weight is 472 g/mol. The number of phenols is 1. The lowest BCUT2D eigenvalue weighted by molar-refractivity contribution is -0.134. The Labute approximate surface area is 149 Å². The number of hydrazone groups is 1. The molecule has 10 heteroatoms. The van der Waals surface area contributed by atoms with Crippen molar-refractivity contribution in [3.63, 3.8) is 0 Å². The normalized spacial score (nSPS) is 11.9. The molecule has 0 unspecified atom stereocenters. The predicted octanol–water partition coefficient (Wildman–Crippen LogP) is 4.76. The van der Waals surface area contributed by atoms with E-state index in [0.29, 0.717) is 25.8 Å². The van der Waals surface area contributed by atoms with Gasteiger partial charge in [-0.25, -0.2) is 5.43 Å². The van der Waals surface area contributed by atoms with Crippen molar-refractivity contribution in [3.8, 4) is 5.75 Å². The molecule has 1 aromatic heterocycles. The van der Waals surface area contributed by atoms with Crippen LogP contribution in [0.3, 0.4) is 0 Å². The molecule has 2 N–H and O–H groups in total. The number of hydrogen-bond acceptors (Lipinski definition) is 4. The first-order chi connectivity index (χ1) is 10.7. The van der Waals surface area contributed by atoms with E-state index in [1.807, 2.05) is 0 Å². The monoisotopic (exact) mass is 470 g/mol. The van der Waals surface area contributed by atoms with Gasteiger partial charge in [0.1, 0.15) is 10.6 Å². The van der Waals surface area contributed by atoms with Gasteiger partial charge in [0.05, 0.1) is 15.6 Å². The fourth-order valence-corrected chi connectivity index (χ4v) is 3.53. The number of alkyl halides is 3. The Bertz CT molecular complexity index is 775. The molecule has 0 aliphatic heterocycles. The van der Waals surface area contributed by atoms with Gasteiger partial charge in [-0.1, -0.05) is 15.9 Å². The third kappa shape index (κ3) is 4.55. The summed E-state index contributed by atoms with van der Waals surface area (Å²) in [5.41, 5.74) is 2.42. The van der Waals surface area contributed by atoms with Crippen LogP contribution in [0.25, 0.3) is 0 Å². The van der Waals surface area contributed by atoms with Crippen LogP contribution in [0.1, 0.15) is 20.1 Å². The summed E-state index contributed by atoms with van der Waals surface area (Å²) in [6.07, 6.45) is -3.30. The van der Waals surface area contributed by atoms with Crippen molar-refractivity contribution >= 4 is 55.3 Å². The molecule has 1 amide bonds. The number of carbonyl (C=O) groups excluding carboxylic acids is 1. The molecule has 2 aromatic rings. The van der Waals surface area contributed by atoms with Crippen LogP contribution in [-0.4, -0.2) is 17.2 Å². The maximum Gasteiger partial charge on any atom is 0.425 e. The van der Waals surface area contributed by atoms with Gasteiger partial charge in [-0.15, -0.1) is 11.3 Å². The Hall–Kier alpha value is -1.39. The van der Waals surface area contributed by atoms with Gasteiger partial charge in [0.2, 0.25) is 0 Å². The fraction of sp³-hybridized carbons (Fsp3) is 0.0769. The number of phenolic OH excluding ortho intramolecular Hbond substituents is 1. The van der Waals surface area contributed by atoms with Crippen LogP contribution < -0.4 is 5.43 Å². The predicted molar refractivity (Wildman–Crippen MR) is 87.9 cm³/mol. The molecular formula is C13H7Br2F3N2O2S. The lowest BCUT2D eigenvalue weighted by atomic mass is 10.2. The second kappa shape index (κ2) is 7.02. The van der Waals surface area contributed by atoms with Crippen molar-refractivity contribution in [1.82, 2.24) is 5.43 Å². The Morgan fingerprint density at radius 2 is 2.00 bits per heavy atom. The quantitative estimate of drug-likeness (QED) is 0.500. The van der Waals surface area contributed by atoms with E-state index in [2.05, 4.69) is 42.4 Å². The van der Waals surface area contributed by atoms with E-state index in [1.54, 1.807) is 12.1 Å². The number of halogens is 5. The number of rotatable bonds is 3. The summed E-state index contributed by atoms with van der Waals surface area (Å²) in [5, 5.41) is 13.4. The number of carbonyl (C=O) groups is 1. The molecule has 0 fully saturated rings. The third-order valence-electron chi connectivity index (χ3n) is 2.54. The zero-order chi connectivity index (χ0) is 17.2. The molecule has 0 bridgehead atoms. The summed E-state index contributed by atoms with van der Waals surface area (Å²) in [6.45, 7) is 0. The fourth-order valence-electron chi connectivity index (χ4n) is 1.51. The number of hydrogen-bond donors (Lipinski definition) is 2. The Morgan fingerprint density at radius 3 is 2.61 bits per heavy atom. The molecule has 0 spiro atoms. The van der Waals surface area contributed by atoms with Crippen molar-refractivity contribution in [2.75, 3.05) is 0 Å². The highest BCUT2D eigenvalue weighted by Gasteiger charge is 2.33. The number of thiophene rings is 1. The minimum absolute atomic E-state index is 0.0818. The van der Waals surface area contributed by atoms with Crippen LogP contribution in [0.15, 0.2) is 38.3 Å². The number of benzene rings is 1. The van der Waals surface area contributed by atoms with Crippen LogP contribution in [0, 0.1) is 0 Å². The molecule has 1 aromatic carbocycles. The molecule has 0 aliphatic carbocycles. The number of nitrogens with zero attached hydrogens (tertiary/aromatic N) is 1. The topological polar surface area (TPSA) is 61.7 Å². The lowest BCUT2D eigenvalue weighted by Gasteiger charge is -2.03. The standard InChI is InChI=1S/C13H7Br2F3N2O2S/c14-7-3-6(11(21)8(15)4-7)5-19-20-12(22)9-1-2-10(23-9)13(16,17)18/h1-5,21H,(H,20,22)/b19-5+. The van der Waals surface area contributed by atoms with E-state index in [-0.39, 0.29) is 10.6 Å². The molecule has 0 aliphatic rings. The van der Waals surface area contributed by atoms with Gasteiger partial charge in [-0.2, -0.15) is 18.3 Å². The zero-order valence-corrected chi connectivity index (χ0v) is 15.0. The third-order valence-corrected chi connectivity index (χ3v) is 4.73. The van der Waals surface area contributed by atoms with Gasteiger partial charge >= 0.3 is 6.18 Å².